The van der Waals surface area contributed by atoms with Crippen molar-refractivity contribution >= 4 is 71.5 Å². The highest BCUT2D eigenvalue weighted by molar-refractivity contribution is 7.89. The SMILES string of the molecule is Cc1cc2c(cc1N=C1C3=NC(C(C)CNS(C)(=O)=O)NN3N=C1C(C)(C)C)C(C)CC(C)(C)N2CCCCCN1c2cc(C)c(N=C3C(C(C)(C)C)=Nn4nc(C(C)CNS(C)(=O)=O)nc43)cc2C(C)CC1(C)C. The molecule has 0 aliphatic carbocycles. The van der Waals surface area contributed by atoms with E-state index < -0.39 is 20.0 Å². The first-order valence-corrected chi connectivity index (χ1v) is 30.6. The number of hydrazone groups is 1. The van der Waals surface area contributed by atoms with E-state index in [2.05, 4.69) is 151 Å². The fourth-order valence-corrected chi connectivity index (χ4v) is 12.5. The predicted octanol–water partition coefficient (Wildman–Crippen LogP) is 9.21. The van der Waals surface area contributed by atoms with Gasteiger partial charge in [-0.15, -0.1) is 9.89 Å². The van der Waals surface area contributed by atoms with E-state index in [-0.39, 0.29) is 53.0 Å². The molecule has 0 saturated heterocycles. The highest BCUT2D eigenvalue weighted by atomic mass is 32.2. The number of hydrazine groups is 1. The topological polar surface area (TPSA) is 207 Å². The Balaban J connectivity index is 0.989. The number of amidine groups is 1. The number of benzene rings is 2. The molecule has 75 heavy (non-hydrogen) atoms. The third-order valence-corrected chi connectivity index (χ3v) is 16.8. The van der Waals surface area contributed by atoms with Crippen molar-refractivity contribution in [3.05, 3.63) is 58.2 Å². The van der Waals surface area contributed by atoms with Gasteiger partial charge < -0.3 is 9.80 Å². The van der Waals surface area contributed by atoms with Gasteiger partial charge in [0.25, 0.3) is 0 Å². The number of nitrogens with one attached hydrogen (secondary N) is 3. The summed E-state index contributed by atoms with van der Waals surface area (Å²) in [6, 6.07) is 9.24. The summed E-state index contributed by atoms with van der Waals surface area (Å²) in [5, 5.41) is 16.2. The standard InChI is InChI=1S/C55H84N14O4S2/c1-32-24-42-38(26-40(32)58-44-46(52(7,8)9)62-68-50(44)60-48(64-68)36(5)30-56-74(17,70)71)34(3)28-54(13,14)66(42)22-20-19-21-23-67-43-25-33(2)41(27-39(43)35(4)29-55(67,15)16)59-45-47(53(10,11)12)63-69-51(45)61-49(65-69)37(6)31-57-75(18,72)73/h24-27,34-37,48,56-57,64H,19-23,28-31H2,1-18H3. The lowest BCUT2D eigenvalue weighted by atomic mass is 9.79. The van der Waals surface area contributed by atoms with Crippen LogP contribution in [-0.2, 0) is 20.0 Å². The molecule has 0 radical (unpaired) electrons. The van der Waals surface area contributed by atoms with Crippen LogP contribution in [-0.4, -0.2) is 121 Å². The maximum Gasteiger partial charge on any atom is 0.208 e. The second kappa shape index (κ2) is 20.2. The summed E-state index contributed by atoms with van der Waals surface area (Å²) in [4.78, 5) is 27.5. The molecule has 5 atom stereocenters. The molecule has 410 valence electrons. The van der Waals surface area contributed by atoms with Crippen LogP contribution < -0.4 is 24.7 Å². The molecule has 3 N–H and O–H groups in total. The second-order valence-electron chi connectivity index (χ2n) is 25.6. The van der Waals surface area contributed by atoms with E-state index in [9.17, 15) is 16.8 Å². The number of unbranched alkanes of at least 4 members (excludes halogenated alkanes) is 2. The van der Waals surface area contributed by atoms with Crippen molar-refractivity contribution in [3.8, 4) is 0 Å². The van der Waals surface area contributed by atoms with Gasteiger partial charge in [-0.1, -0.05) is 69.2 Å². The van der Waals surface area contributed by atoms with Gasteiger partial charge in [0.2, 0.25) is 25.9 Å². The normalized spacial score (nSPS) is 23.3. The zero-order valence-corrected chi connectivity index (χ0v) is 49.6. The van der Waals surface area contributed by atoms with Crippen LogP contribution >= 0.6 is 0 Å². The molecule has 1 aromatic heterocycles. The summed E-state index contributed by atoms with van der Waals surface area (Å²) in [6.07, 6.45) is 7.24. The van der Waals surface area contributed by atoms with Gasteiger partial charge in [-0.3, -0.25) is 0 Å². The number of rotatable bonds is 16. The Kier molecular flexibility index (Phi) is 15.1. The molecule has 6 heterocycles. The highest BCUT2D eigenvalue weighted by Crippen LogP contribution is 2.48. The zero-order valence-electron chi connectivity index (χ0n) is 47.9. The molecule has 0 spiro atoms. The molecule has 3 aromatic rings. The molecule has 2 aromatic carbocycles. The van der Waals surface area contributed by atoms with E-state index in [0.717, 1.165) is 91.1 Å². The van der Waals surface area contributed by atoms with E-state index in [1.807, 2.05) is 13.8 Å². The van der Waals surface area contributed by atoms with E-state index in [4.69, 9.17) is 30.2 Å². The van der Waals surface area contributed by atoms with Crippen LogP contribution in [0.2, 0.25) is 0 Å². The Morgan fingerprint density at radius 1 is 0.720 bits per heavy atom. The molecule has 0 amide bonds. The Hall–Kier alpha value is -4.89. The van der Waals surface area contributed by atoms with Gasteiger partial charge in [-0.2, -0.15) is 20.7 Å². The van der Waals surface area contributed by atoms with Crippen molar-refractivity contribution in [3.63, 3.8) is 0 Å². The predicted molar refractivity (Wildman–Crippen MR) is 307 cm³/mol. The molecule has 5 unspecified atom stereocenters. The maximum absolute atomic E-state index is 11.9. The minimum atomic E-state index is -3.36. The largest absolute Gasteiger partial charge is 0.366 e. The number of aryl methyl sites for hydroxylation is 2. The van der Waals surface area contributed by atoms with Crippen LogP contribution in [0.4, 0.5) is 22.7 Å². The van der Waals surface area contributed by atoms with Crippen LogP contribution in [0.1, 0.15) is 181 Å². The molecule has 5 aliphatic rings. The molecule has 5 aliphatic heterocycles. The third-order valence-electron chi connectivity index (χ3n) is 15.4. The van der Waals surface area contributed by atoms with Crippen molar-refractivity contribution in [2.24, 2.45) is 41.9 Å². The lowest BCUT2D eigenvalue weighted by Crippen LogP contribution is -2.49. The maximum atomic E-state index is 11.9. The molecule has 18 nitrogen and oxygen atoms in total. The Morgan fingerprint density at radius 2 is 1.20 bits per heavy atom. The minimum Gasteiger partial charge on any atom is -0.366 e. The van der Waals surface area contributed by atoms with Gasteiger partial charge in [0.15, 0.2) is 11.7 Å². The first-order valence-electron chi connectivity index (χ1n) is 26.8. The summed E-state index contributed by atoms with van der Waals surface area (Å²) in [5.41, 5.74) is 14.9. The Labute approximate surface area is 447 Å². The molecule has 8 rings (SSSR count). The summed E-state index contributed by atoms with van der Waals surface area (Å²) < 4.78 is 52.6. The quantitative estimate of drug-likeness (QED) is 0.116. The number of fused-ring (bicyclic) bond motifs is 4. The van der Waals surface area contributed by atoms with Crippen molar-refractivity contribution in [1.82, 2.24) is 34.9 Å². The van der Waals surface area contributed by atoms with Crippen molar-refractivity contribution in [2.45, 2.75) is 178 Å². The fraction of sp³-hybridized carbons (Fsp3) is 0.655. The molecule has 20 heteroatoms. The van der Waals surface area contributed by atoms with Crippen molar-refractivity contribution in [1.29, 1.82) is 0 Å². The summed E-state index contributed by atoms with van der Waals surface area (Å²) in [6.45, 7) is 37.5. The van der Waals surface area contributed by atoms with Crippen LogP contribution in [0, 0.1) is 30.6 Å². The van der Waals surface area contributed by atoms with Crippen molar-refractivity contribution in [2.75, 3.05) is 48.5 Å². The minimum absolute atomic E-state index is 0.0272. The number of anilines is 2. The third kappa shape index (κ3) is 12.0. The van der Waals surface area contributed by atoms with Crippen LogP contribution in [0.15, 0.2) is 49.4 Å². The number of aliphatic imine (C=N–C) groups is 3. The average molecular weight is 1070 g/mol. The van der Waals surface area contributed by atoms with Gasteiger partial charge in [0.05, 0.1) is 35.3 Å². The van der Waals surface area contributed by atoms with E-state index in [1.54, 1.807) is 9.91 Å². The van der Waals surface area contributed by atoms with Gasteiger partial charge in [-0.05, 0) is 132 Å². The molecule has 0 saturated carbocycles. The first kappa shape index (κ1) is 56.3. The summed E-state index contributed by atoms with van der Waals surface area (Å²) in [7, 11) is -6.70. The highest BCUT2D eigenvalue weighted by Gasteiger charge is 2.44. The number of nitrogens with zero attached hydrogens (tertiary/aromatic N) is 11. The lowest BCUT2D eigenvalue weighted by molar-refractivity contribution is 0.267. The van der Waals surface area contributed by atoms with Crippen LogP contribution in [0.3, 0.4) is 0 Å². The van der Waals surface area contributed by atoms with Crippen molar-refractivity contribution < 1.29 is 16.8 Å². The van der Waals surface area contributed by atoms with Gasteiger partial charge >= 0.3 is 0 Å². The van der Waals surface area contributed by atoms with E-state index in [0.29, 0.717) is 35.0 Å². The van der Waals surface area contributed by atoms with Gasteiger partial charge in [0.1, 0.15) is 17.6 Å². The molecular weight excluding hydrogens is 985 g/mol. The molecule has 0 bridgehead atoms. The average Bonchev–Trinajstić information content (AvgIpc) is 4.05. The number of hydrogen-bond donors (Lipinski definition) is 3. The first-order chi connectivity index (χ1) is 34.6. The number of sulfonamides is 2. The lowest BCUT2D eigenvalue weighted by Gasteiger charge is -2.48. The van der Waals surface area contributed by atoms with Gasteiger partial charge in [-0.25, -0.2) is 46.2 Å². The Morgan fingerprint density at radius 3 is 1.69 bits per heavy atom. The van der Waals surface area contributed by atoms with Crippen LogP contribution in [0.5, 0.6) is 0 Å². The summed E-state index contributed by atoms with van der Waals surface area (Å²) in [5.74, 6) is 2.03. The second-order valence-corrected chi connectivity index (χ2v) is 29.2. The number of aromatic nitrogens is 3. The zero-order chi connectivity index (χ0) is 55.1. The summed E-state index contributed by atoms with van der Waals surface area (Å²) >= 11 is 0. The monoisotopic (exact) mass is 1070 g/mol. The van der Waals surface area contributed by atoms with E-state index in [1.165, 1.54) is 28.8 Å². The molecule has 0 fully saturated rings. The smallest absolute Gasteiger partial charge is 0.208 e. The molecular formula is C55H84N14O4S2. The van der Waals surface area contributed by atoms with E-state index >= 15 is 0 Å². The fourth-order valence-electron chi connectivity index (χ4n) is 11.4. The Bertz CT molecular complexity index is 3120. The van der Waals surface area contributed by atoms with Crippen LogP contribution in [0.25, 0.3) is 0 Å². The number of hydrogen-bond acceptors (Lipinski definition) is 15. The van der Waals surface area contributed by atoms with Gasteiger partial charge in [0, 0.05) is 71.3 Å².